The smallest absolute Gasteiger partial charge is 0.253 e. The van der Waals surface area contributed by atoms with E-state index in [1.54, 1.807) is 35.2 Å². The van der Waals surface area contributed by atoms with Crippen LogP contribution in [-0.4, -0.2) is 48.8 Å². The van der Waals surface area contributed by atoms with E-state index >= 15 is 0 Å². The molecule has 1 aromatic heterocycles. The largest absolute Gasteiger partial charge is 0.512 e. The Labute approximate surface area is 211 Å². The molecule has 1 amide bonds. The number of allylic oxidation sites excluding steroid dienone is 2. The van der Waals surface area contributed by atoms with Crippen LogP contribution < -0.4 is 10.3 Å². The summed E-state index contributed by atoms with van der Waals surface area (Å²) >= 11 is 0. The zero-order chi connectivity index (χ0) is 26.8. The van der Waals surface area contributed by atoms with Crippen molar-refractivity contribution >= 4 is 17.5 Å². The molecule has 3 atom stereocenters. The number of aromatic hydroxyl groups is 1. The number of nitrogens with two attached hydrogens (primary N) is 1. The Kier molecular flexibility index (Phi) is 5.69. The molecule has 3 unspecified atom stereocenters. The van der Waals surface area contributed by atoms with E-state index in [4.69, 9.17) is 5.73 Å². The van der Waals surface area contributed by atoms with Crippen LogP contribution in [0.1, 0.15) is 51.6 Å². The van der Waals surface area contributed by atoms with Crippen LogP contribution in [0.3, 0.4) is 0 Å². The third-order valence-corrected chi connectivity index (χ3v) is 7.75. The summed E-state index contributed by atoms with van der Waals surface area (Å²) in [4.78, 5) is 38.3. The van der Waals surface area contributed by atoms with E-state index < -0.39 is 52.3 Å². The Morgan fingerprint density at radius 2 is 1.78 bits per heavy atom. The first-order valence-corrected chi connectivity index (χ1v) is 11.9. The average Bonchev–Trinajstić information content (AvgIpc) is 2.79. The number of Topliss-reactive ketones (excluding diaryl/α,β-unsaturated/α-hetero) is 2. The molecular weight excluding hydrogens is 480 g/mol. The minimum atomic E-state index is -3.00. The molecule has 5 rings (SSSR count). The van der Waals surface area contributed by atoms with E-state index in [-0.39, 0.29) is 54.0 Å². The lowest BCUT2D eigenvalue weighted by Gasteiger charge is -2.46. The van der Waals surface area contributed by atoms with Crippen LogP contribution in [-0.2, 0) is 17.8 Å². The summed E-state index contributed by atoms with van der Waals surface area (Å²) in [5, 5.41) is 54.4. The molecule has 3 aliphatic rings. The van der Waals surface area contributed by atoms with E-state index in [9.17, 15) is 39.9 Å². The van der Waals surface area contributed by atoms with Gasteiger partial charge in [-0.2, -0.15) is 0 Å². The zero-order valence-corrected chi connectivity index (χ0v) is 20.0. The highest BCUT2D eigenvalue weighted by molar-refractivity contribution is 6.15. The van der Waals surface area contributed by atoms with Crippen molar-refractivity contribution in [1.82, 2.24) is 0 Å². The fraction of sp³-hybridized carbons (Fsp3) is 0.333. The fourth-order valence-corrected chi connectivity index (χ4v) is 6.25. The van der Waals surface area contributed by atoms with Crippen LogP contribution in [0.25, 0.3) is 0 Å². The molecule has 7 N–H and O–H groups in total. The summed E-state index contributed by atoms with van der Waals surface area (Å²) in [6.45, 7) is 1.55. The van der Waals surface area contributed by atoms with Gasteiger partial charge in [-0.25, -0.2) is 4.57 Å². The molecule has 0 spiro atoms. The van der Waals surface area contributed by atoms with Crippen molar-refractivity contribution in [2.75, 3.05) is 0 Å². The van der Waals surface area contributed by atoms with Crippen molar-refractivity contribution in [1.29, 1.82) is 0 Å². The van der Waals surface area contributed by atoms with Gasteiger partial charge in [0, 0.05) is 29.7 Å². The van der Waals surface area contributed by atoms with Crippen LogP contribution in [0.5, 0.6) is 5.75 Å². The Morgan fingerprint density at radius 1 is 1.11 bits per heavy atom. The average molecular weight is 508 g/mol. The minimum absolute atomic E-state index is 0.110. The van der Waals surface area contributed by atoms with Gasteiger partial charge in [-0.3, -0.25) is 14.4 Å². The summed E-state index contributed by atoms with van der Waals surface area (Å²) < 4.78 is 1.77. The number of hydrogen-bond acceptors (Lipinski definition) is 8. The molecule has 192 valence electrons. The molecule has 0 saturated carbocycles. The van der Waals surface area contributed by atoms with Gasteiger partial charge in [-0.05, 0) is 43.2 Å². The number of ketones is 2. The molecule has 0 bridgehead atoms. The summed E-state index contributed by atoms with van der Waals surface area (Å²) in [6.07, 6.45) is 3.68. The van der Waals surface area contributed by atoms with Crippen molar-refractivity contribution in [3.63, 3.8) is 0 Å². The molecule has 1 heterocycles. The third-order valence-electron chi connectivity index (χ3n) is 7.75. The van der Waals surface area contributed by atoms with Crippen molar-refractivity contribution < 1.29 is 44.5 Å². The van der Waals surface area contributed by atoms with E-state index in [2.05, 4.69) is 0 Å². The number of amides is 1. The quantitative estimate of drug-likeness (QED) is 0.202. The fourth-order valence-electron chi connectivity index (χ4n) is 6.25. The van der Waals surface area contributed by atoms with Crippen LogP contribution in [0.15, 0.2) is 59.3 Å². The predicted octanol–water partition coefficient (Wildman–Crippen LogP) is 1.12. The molecule has 3 aliphatic carbocycles. The van der Waals surface area contributed by atoms with Crippen LogP contribution in [0, 0.1) is 17.8 Å². The number of aromatic nitrogens is 1. The molecule has 10 nitrogen and oxygen atoms in total. The highest BCUT2D eigenvalue weighted by Crippen LogP contribution is 2.53. The highest BCUT2D eigenvalue weighted by Gasteiger charge is 2.57. The molecule has 0 aliphatic heterocycles. The van der Waals surface area contributed by atoms with E-state index in [0.29, 0.717) is 11.1 Å². The van der Waals surface area contributed by atoms with E-state index in [1.807, 2.05) is 6.07 Å². The van der Waals surface area contributed by atoms with Gasteiger partial charge in [0.1, 0.15) is 22.8 Å². The molecule has 2 aromatic rings. The number of carbonyl (C=O) groups is 3. The lowest BCUT2D eigenvalue weighted by Crippen LogP contribution is -2.54. The van der Waals surface area contributed by atoms with Gasteiger partial charge >= 0.3 is 0 Å². The lowest BCUT2D eigenvalue weighted by atomic mass is 9.60. The number of primary amides is 1. The Bertz CT molecular complexity index is 1420. The summed E-state index contributed by atoms with van der Waals surface area (Å²) in [7, 11) is 0. The molecule has 0 saturated heterocycles. The van der Waals surface area contributed by atoms with Gasteiger partial charge in [0.15, 0.2) is 30.5 Å². The van der Waals surface area contributed by atoms with E-state index in [0.717, 1.165) is 0 Å². The van der Waals surface area contributed by atoms with Crippen LogP contribution >= 0.6 is 0 Å². The van der Waals surface area contributed by atoms with E-state index in [1.165, 1.54) is 6.92 Å². The predicted molar refractivity (Wildman–Crippen MR) is 127 cm³/mol. The second-order valence-electron chi connectivity index (χ2n) is 10.0. The third kappa shape index (κ3) is 3.71. The SMILES string of the molecule is CC(=O)c1cc(C[n+]2ccccc2)c(O)c2c1CC1CC3CC(O)=C(C(N)=O)C(O)(O)C3C(O)=C1C2=O. The highest BCUT2D eigenvalue weighted by atomic mass is 16.5. The zero-order valence-electron chi connectivity index (χ0n) is 20.0. The normalized spacial score (nSPS) is 24.3. The first-order valence-electron chi connectivity index (χ1n) is 11.9. The van der Waals surface area contributed by atoms with Crippen LogP contribution in [0.4, 0.5) is 0 Å². The maximum absolute atomic E-state index is 13.8. The molecule has 10 heteroatoms. The van der Waals surface area contributed by atoms with Gasteiger partial charge in [0.25, 0.3) is 5.91 Å². The number of phenols is 1. The van der Waals surface area contributed by atoms with Gasteiger partial charge < -0.3 is 31.3 Å². The summed E-state index contributed by atoms with van der Waals surface area (Å²) in [6, 6.07) is 6.99. The number of hydrogen-bond donors (Lipinski definition) is 6. The lowest BCUT2D eigenvalue weighted by molar-refractivity contribution is -0.688. The second-order valence-corrected chi connectivity index (χ2v) is 10.0. The summed E-state index contributed by atoms with van der Waals surface area (Å²) in [5.41, 5.74) is 5.20. The van der Waals surface area contributed by atoms with Gasteiger partial charge in [0.05, 0.1) is 17.0 Å². The monoisotopic (exact) mass is 507 g/mol. The number of carbonyl (C=O) groups excluding carboxylic acids is 3. The molecular formula is C27H27N2O8+. The maximum atomic E-state index is 13.8. The minimum Gasteiger partial charge on any atom is -0.512 e. The van der Waals surface area contributed by atoms with Crippen molar-refractivity contribution in [3.05, 3.63) is 81.6 Å². The number of fused-ring (bicyclic) bond motifs is 3. The number of rotatable bonds is 4. The number of benzene rings is 1. The maximum Gasteiger partial charge on any atom is 0.253 e. The standard InChI is InChI=1S/C27H26N2O8/c1-12(30)16-9-15(11-29-5-3-2-4-6-29)23(32)20-17(16)8-13-7-14-10-18(31)22(26(28)35)27(36,37)21(14)25(34)19(13)24(20)33/h2-6,9,13-14,21,36-37H,7-8,10-11H2,1H3,(H4-,28,30,31,32,33,34,35)/p+1. The molecule has 0 radical (unpaired) electrons. The van der Waals surface area contributed by atoms with Gasteiger partial charge in [-0.1, -0.05) is 6.07 Å². The number of nitrogens with zero attached hydrogens (tertiary/aromatic N) is 1. The first-order chi connectivity index (χ1) is 17.4. The number of aliphatic hydroxyl groups is 4. The Hall–Kier alpha value is -4.02. The topological polar surface area (TPSA) is 182 Å². The second kappa shape index (κ2) is 8.53. The van der Waals surface area contributed by atoms with Crippen molar-refractivity contribution in [2.45, 2.75) is 38.5 Å². The van der Waals surface area contributed by atoms with Gasteiger partial charge in [0.2, 0.25) is 5.79 Å². The molecule has 0 fully saturated rings. The number of pyridine rings is 1. The Balaban J connectivity index is 1.66. The Morgan fingerprint density at radius 3 is 2.41 bits per heavy atom. The van der Waals surface area contributed by atoms with Crippen molar-refractivity contribution in [2.24, 2.45) is 23.5 Å². The number of phenolic OH excluding ortho intramolecular Hbond substituents is 1. The molecule has 1 aromatic carbocycles. The van der Waals surface area contributed by atoms with Crippen molar-refractivity contribution in [3.8, 4) is 5.75 Å². The number of aliphatic hydroxyl groups excluding tert-OH is 2. The summed E-state index contributed by atoms with van der Waals surface area (Å²) in [5.74, 6) is -9.60. The van der Waals surface area contributed by atoms with Gasteiger partial charge in [-0.15, -0.1) is 0 Å². The van der Waals surface area contributed by atoms with Crippen LogP contribution in [0.2, 0.25) is 0 Å². The first kappa shape index (κ1) is 24.7. The molecule has 37 heavy (non-hydrogen) atoms.